The molecule has 0 saturated heterocycles. The van der Waals surface area contributed by atoms with E-state index in [-0.39, 0.29) is 0 Å². The number of esters is 1. The molecule has 1 aromatic heterocycles. The lowest BCUT2D eigenvalue weighted by Gasteiger charge is -2.08. The molecule has 0 unspecified atom stereocenters. The number of fused-ring (bicyclic) bond motifs is 1. The van der Waals surface area contributed by atoms with Crippen molar-refractivity contribution < 1.29 is 14.6 Å². The van der Waals surface area contributed by atoms with Gasteiger partial charge in [-0.25, -0.2) is 4.79 Å². The van der Waals surface area contributed by atoms with Crippen LogP contribution in [-0.4, -0.2) is 26.1 Å². The predicted octanol–water partition coefficient (Wildman–Crippen LogP) is 3.10. The molecule has 0 amide bonds. The number of rotatable bonds is 3. The Hall–Kier alpha value is -3.15. The third kappa shape index (κ3) is 2.91. The number of aryl methyl sites for hydroxylation is 1. The summed E-state index contributed by atoms with van der Waals surface area (Å²) < 4.78 is 5.14. The van der Waals surface area contributed by atoms with Crippen molar-refractivity contribution in [3.8, 4) is 11.4 Å². The van der Waals surface area contributed by atoms with Gasteiger partial charge in [-0.3, -0.25) is 0 Å². The topological polar surface area (TPSA) is 77.2 Å². The molecule has 1 N–H and O–H groups in total. The normalized spacial score (nSPS) is 11.7. The van der Waals surface area contributed by atoms with Crippen LogP contribution in [0.2, 0.25) is 0 Å². The standard InChI is InChI=1S/C17H15N3O3/c1-3-15(21)17(22)23-16-9-8-12(10-11(16)2)20-18-13-6-4-5-7-14(13)19-20/h3-10,21H,1-2H3. The fourth-order valence-electron chi connectivity index (χ4n) is 2.12. The van der Waals surface area contributed by atoms with E-state index in [4.69, 9.17) is 4.74 Å². The Labute approximate surface area is 132 Å². The molecule has 0 aliphatic heterocycles. The van der Waals surface area contributed by atoms with Gasteiger partial charge in [-0.15, -0.1) is 10.2 Å². The zero-order chi connectivity index (χ0) is 16.4. The fourth-order valence-corrected chi connectivity index (χ4v) is 2.12. The molecule has 2 aromatic carbocycles. The van der Waals surface area contributed by atoms with E-state index in [9.17, 15) is 9.90 Å². The summed E-state index contributed by atoms with van der Waals surface area (Å²) in [7, 11) is 0. The van der Waals surface area contributed by atoms with E-state index in [0.29, 0.717) is 5.75 Å². The van der Waals surface area contributed by atoms with Crippen LogP contribution in [-0.2, 0) is 4.79 Å². The first-order chi connectivity index (χ1) is 11.1. The third-order valence-electron chi connectivity index (χ3n) is 3.36. The summed E-state index contributed by atoms with van der Waals surface area (Å²) in [5.41, 5.74) is 3.10. The molecule has 0 aliphatic carbocycles. The van der Waals surface area contributed by atoms with Crippen molar-refractivity contribution in [2.45, 2.75) is 13.8 Å². The van der Waals surface area contributed by atoms with E-state index < -0.39 is 11.7 Å². The molecule has 6 nitrogen and oxygen atoms in total. The van der Waals surface area contributed by atoms with Crippen molar-refractivity contribution in [1.29, 1.82) is 0 Å². The summed E-state index contributed by atoms with van der Waals surface area (Å²) >= 11 is 0. The van der Waals surface area contributed by atoms with Crippen LogP contribution in [0, 0.1) is 6.92 Å². The molecule has 0 radical (unpaired) electrons. The molecule has 6 heteroatoms. The van der Waals surface area contributed by atoms with Crippen molar-refractivity contribution in [1.82, 2.24) is 15.0 Å². The molecule has 0 fully saturated rings. The fraction of sp³-hybridized carbons (Fsp3) is 0.118. The number of carbonyl (C=O) groups excluding carboxylic acids is 1. The van der Waals surface area contributed by atoms with Gasteiger partial charge in [-0.05, 0) is 55.8 Å². The molecule has 0 spiro atoms. The number of aliphatic hydroxyl groups excluding tert-OH is 1. The van der Waals surface area contributed by atoms with Crippen molar-refractivity contribution in [3.63, 3.8) is 0 Å². The van der Waals surface area contributed by atoms with E-state index in [0.717, 1.165) is 22.3 Å². The van der Waals surface area contributed by atoms with Gasteiger partial charge in [-0.2, -0.15) is 4.80 Å². The predicted molar refractivity (Wildman–Crippen MR) is 85.6 cm³/mol. The van der Waals surface area contributed by atoms with E-state index in [1.165, 1.54) is 10.9 Å². The van der Waals surface area contributed by atoms with Crippen LogP contribution in [0.4, 0.5) is 0 Å². The monoisotopic (exact) mass is 309 g/mol. The Bertz CT molecular complexity index is 879. The lowest BCUT2D eigenvalue weighted by molar-refractivity contribution is -0.133. The maximum absolute atomic E-state index is 11.6. The summed E-state index contributed by atoms with van der Waals surface area (Å²) in [6.07, 6.45) is 1.28. The number of benzene rings is 2. The third-order valence-corrected chi connectivity index (χ3v) is 3.36. The summed E-state index contributed by atoms with van der Waals surface area (Å²) in [6.45, 7) is 3.36. The molecule has 0 aliphatic rings. The Morgan fingerprint density at radius 1 is 1.17 bits per heavy atom. The molecular weight excluding hydrogens is 294 g/mol. The van der Waals surface area contributed by atoms with Gasteiger partial charge >= 0.3 is 5.97 Å². The van der Waals surface area contributed by atoms with Crippen molar-refractivity contribution in [2.75, 3.05) is 0 Å². The van der Waals surface area contributed by atoms with Crippen LogP contribution in [0.15, 0.2) is 54.3 Å². The minimum Gasteiger partial charge on any atom is -0.502 e. The number of aromatic nitrogens is 3. The van der Waals surface area contributed by atoms with Crippen molar-refractivity contribution in [2.24, 2.45) is 0 Å². The van der Waals surface area contributed by atoms with E-state index in [1.807, 2.05) is 37.3 Å². The molecule has 3 rings (SSSR count). The molecular formula is C17H15N3O3. The van der Waals surface area contributed by atoms with E-state index >= 15 is 0 Å². The Kier molecular flexibility index (Phi) is 3.80. The van der Waals surface area contributed by atoms with Crippen LogP contribution in [0.5, 0.6) is 5.75 Å². The van der Waals surface area contributed by atoms with Gasteiger partial charge in [0.2, 0.25) is 0 Å². The zero-order valence-electron chi connectivity index (χ0n) is 12.7. The molecule has 0 saturated carbocycles. The first kappa shape index (κ1) is 14.8. The van der Waals surface area contributed by atoms with Gasteiger partial charge in [-0.1, -0.05) is 12.1 Å². The second-order valence-electron chi connectivity index (χ2n) is 4.99. The average Bonchev–Trinajstić information content (AvgIpc) is 2.99. The number of hydrogen-bond donors (Lipinski definition) is 1. The highest BCUT2D eigenvalue weighted by atomic mass is 16.5. The smallest absolute Gasteiger partial charge is 0.378 e. The maximum Gasteiger partial charge on any atom is 0.378 e. The van der Waals surface area contributed by atoms with Gasteiger partial charge in [0.15, 0.2) is 5.76 Å². The highest BCUT2D eigenvalue weighted by molar-refractivity contribution is 5.87. The Morgan fingerprint density at radius 3 is 2.39 bits per heavy atom. The lowest BCUT2D eigenvalue weighted by atomic mass is 10.2. The van der Waals surface area contributed by atoms with Gasteiger partial charge in [0, 0.05) is 0 Å². The largest absolute Gasteiger partial charge is 0.502 e. The van der Waals surface area contributed by atoms with Crippen molar-refractivity contribution in [3.05, 3.63) is 59.9 Å². The zero-order valence-corrected chi connectivity index (χ0v) is 12.7. The van der Waals surface area contributed by atoms with Gasteiger partial charge < -0.3 is 9.84 Å². The SMILES string of the molecule is CC=C(O)C(=O)Oc1ccc(-n2nc3ccccc3n2)cc1C. The number of ether oxygens (including phenoxy) is 1. The van der Waals surface area contributed by atoms with E-state index in [1.54, 1.807) is 19.1 Å². The second-order valence-corrected chi connectivity index (χ2v) is 4.99. The van der Waals surface area contributed by atoms with Crippen LogP contribution in [0.1, 0.15) is 12.5 Å². The van der Waals surface area contributed by atoms with E-state index in [2.05, 4.69) is 10.2 Å². The van der Waals surface area contributed by atoms with Crippen LogP contribution < -0.4 is 4.74 Å². The minimum atomic E-state index is -0.786. The maximum atomic E-state index is 11.6. The van der Waals surface area contributed by atoms with Crippen LogP contribution >= 0.6 is 0 Å². The molecule has 3 aromatic rings. The lowest BCUT2D eigenvalue weighted by Crippen LogP contribution is -2.11. The molecule has 23 heavy (non-hydrogen) atoms. The number of aliphatic hydroxyl groups is 1. The molecule has 0 bridgehead atoms. The second kappa shape index (κ2) is 5.92. The Balaban J connectivity index is 1.91. The van der Waals surface area contributed by atoms with Crippen LogP contribution in [0.3, 0.4) is 0 Å². The highest BCUT2D eigenvalue weighted by Crippen LogP contribution is 2.22. The minimum absolute atomic E-state index is 0.379. The molecule has 1 heterocycles. The number of allylic oxidation sites excluding steroid dienone is 1. The first-order valence-corrected chi connectivity index (χ1v) is 7.09. The summed E-state index contributed by atoms with van der Waals surface area (Å²) in [5, 5.41) is 18.2. The number of hydrogen-bond acceptors (Lipinski definition) is 5. The Morgan fingerprint density at radius 2 is 1.83 bits per heavy atom. The van der Waals surface area contributed by atoms with Crippen molar-refractivity contribution >= 4 is 17.0 Å². The first-order valence-electron chi connectivity index (χ1n) is 7.09. The van der Waals surface area contributed by atoms with Gasteiger partial charge in [0.25, 0.3) is 0 Å². The van der Waals surface area contributed by atoms with Gasteiger partial charge in [0.05, 0.1) is 5.69 Å². The summed E-state index contributed by atoms with van der Waals surface area (Å²) in [6, 6.07) is 12.8. The van der Waals surface area contributed by atoms with Gasteiger partial charge in [0.1, 0.15) is 16.8 Å². The quantitative estimate of drug-likeness (QED) is 0.348. The molecule has 116 valence electrons. The average molecular weight is 309 g/mol. The van der Waals surface area contributed by atoms with Crippen LogP contribution in [0.25, 0.3) is 16.7 Å². The highest BCUT2D eigenvalue weighted by Gasteiger charge is 2.12. The summed E-state index contributed by atoms with van der Waals surface area (Å²) in [4.78, 5) is 13.1. The molecule has 0 atom stereocenters. The summed E-state index contributed by atoms with van der Waals surface area (Å²) in [5.74, 6) is -0.830. The number of nitrogens with zero attached hydrogens (tertiary/aromatic N) is 3. The number of carbonyl (C=O) groups is 1.